The number of nitrogens with zero attached hydrogens (tertiary/aromatic N) is 6. The van der Waals surface area contributed by atoms with Crippen LogP contribution in [0.3, 0.4) is 0 Å². The minimum atomic E-state index is -0.603. The number of carbonyl (C=O) groups excluding carboxylic acids is 1. The van der Waals surface area contributed by atoms with Crippen LogP contribution in [0.1, 0.15) is 11.3 Å². The minimum absolute atomic E-state index is 0.0702. The van der Waals surface area contributed by atoms with Gasteiger partial charge in [0, 0.05) is 24.0 Å². The Hall–Kier alpha value is -3.66. The maximum Gasteiger partial charge on any atom is 0.415 e. The van der Waals surface area contributed by atoms with Crippen molar-refractivity contribution in [2.75, 3.05) is 4.90 Å². The summed E-state index contributed by atoms with van der Waals surface area (Å²) in [4.78, 5) is 27.6. The van der Waals surface area contributed by atoms with Crippen LogP contribution in [-0.4, -0.2) is 48.3 Å². The van der Waals surface area contributed by atoms with E-state index in [2.05, 4.69) is 26.5 Å². The highest BCUT2D eigenvalue weighted by molar-refractivity contribution is 7.24. The number of fused-ring (bicyclic) bond motifs is 3. The van der Waals surface area contributed by atoms with Crippen LogP contribution in [0.4, 0.5) is 10.5 Å². The number of carbonyl (C=O) groups is 1. The molecular formula is C22H19N6O5P. The molecule has 0 radical (unpaired) electrons. The molecule has 6 rings (SSSR count). The van der Waals surface area contributed by atoms with Gasteiger partial charge >= 0.3 is 6.09 Å². The van der Waals surface area contributed by atoms with Crippen molar-refractivity contribution in [3.63, 3.8) is 0 Å². The van der Waals surface area contributed by atoms with Gasteiger partial charge in [-0.3, -0.25) is 9.88 Å². The zero-order chi connectivity index (χ0) is 23.1. The number of cyclic esters (lactones) is 1. The fourth-order valence-corrected chi connectivity index (χ4v) is 4.66. The molecule has 5 heterocycles. The second kappa shape index (κ2) is 8.60. The summed E-state index contributed by atoms with van der Waals surface area (Å²) in [5.41, 5.74) is 5.21. The van der Waals surface area contributed by atoms with Gasteiger partial charge in [-0.25, -0.2) is 9.48 Å². The third-order valence-electron chi connectivity index (χ3n) is 6.01. The summed E-state index contributed by atoms with van der Waals surface area (Å²) in [6.07, 6.45) is 5.24. The molecule has 11 nitrogen and oxygen atoms in total. The van der Waals surface area contributed by atoms with E-state index in [0.29, 0.717) is 30.1 Å². The number of hydrogen-bond donors (Lipinski definition) is 1. The molecule has 2 aliphatic heterocycles. The zero-order valence-electron chi connectivity index (χ0n) is 17.7. The largest absolute Gasteiger partial charge is 0.442 e. The molecule has 1 aromatic carbocycles. The maximum absolute atomic E-state index is 12.6. The van der Waals surface area contributed by atoms with Crippen molar-refractivity contribution in [3.05, 3.63) is 66.3 Å². The molecule has 1 fully saturated rings. The highest BCUT2D eigenvalue weighted by atomic mass is 31.1. The molecule has 0 aliphatic carbocycles. The number of rotatable bonds is 7. The third-order valence-corrected chi connectivity index (χ3v) is 6.29. The molecule has 2 unspecified atom stereocenters. The molecule has 0 bridgehead atoms. The first-order chi connectivity index (χ1) is 16.7. The average Bonchev–Trinajstić information content (AvgIpc) is 3.65. The van der Waals surface area contributed by atoms with Crippen LogP contribution in [-0.2, 0) is 28.8 Å². The van der Waals surface area contributed by atoms with Gasteiger partial charge in [0.15, 0.2) is 14.8 Å². The number of ether oxygens (including phenoxy) is 1. The molecule has 0 saturated carbocycles. The molecule has 1 saturated heterocycles. The Balaban J connectivity index is 1.21. The Morgan fingerprint density at radius 2 is 2.09 bits per heavy atom. The predicted molar refractivity (Wildman–Crippen MR) is 121 cm³/mol. The van der Waals surface area contributed by atoms with Gasteiger partial charge in [-0.15, -0.1) is 5.10 Å². The van der Waals surface area contributed by atoms with Crippen molar-refractivity contribution >= 4 is 20.8 Å². The maximum atomic E-state index is 12.6. The van der Waals surface area contributed by atoms with E-state index < -0.39 is 9.03 Å². The normalized spacial score (nSPS) is 19.1. The van der Waals surface area contributed by atoms with Gasteiger partial charge in [0.1, 0.15) is 18.4 Å². The highest BCUT2D eigenvalue weighted by Crippen LogP contribution is 2.41. The van der Waals surface area contributed by atoms with Crippen LogP contribution in [0, 0.1) is 0 Å². The highest BCUT2D eigenvalue weighted by Gasteiger charge is 2.47. The van der Waals surface area contributed by atoms with Crippen molar-refractivity contribution in [1.29, 1.82) is 0 Å². The summed E-state index contributed by atoms with van der Waals surface area (Å²) >= 11 is 0. The van der Waals surface area contributed by atoms with Gasteiger partial charge in [0.05, 0.1) is 30.2 Å². The summed E-state index contributed by atoms with van der Waals surface area (Å²) in [5.74, 6) is 0.516. The smallest absolute Gasteiger partial charge is 0.415 e. The van der Waals surface area contributed by atoms with Crippen molar-refractivity contribution in [2.45, 2.75) is 31.7 Å². The summed E-state index contributed by atoms with van der Waals surface area (Å²) in [6, 6.07) is 11.6. The van der Waals surface area contributed by atoms with Crippen LogP contribution in [0.5, 0.6) is 0 Å². The fraction of sp³-hybridized carbons (Fsp3) is 0.227. The second-order valence-electron chi connectivity index (χ2n) is 8.02. The molecule has 172 valence electrons. The van der Waals surface area contributed by atoms with E-state index in [0.717, 1.165) is 22.4 Å². The van der Waals surface area contributed by atoms with E-state index in [9.17, 15) is 4.79 Å². The van der Waals surface area contributed by atoms with Crippen LogP contribution in [0.25, 0.3) is 22.5 Å². The molecule has 2 aliphatic rings. The van der Waals surface area contributed by atoms with E-state index in [1.807, 2.05) is 24.3 Å². The first kappa shape index (κ1) is 20.9. The van der Waals surface area contributed by atoms with Gasteiger partial charge < -0.3 is 18.7 Å². The van der Waals surface area contributed by atoms with Crippen LogP contribution in [0.2, 0.25) is 0 Å². The predicted octanol–water partition coefficient (Wildman–Crippen LogP) is 2.96. The lowest BCUT2D eigenvalue weighted by Gasteiger charge is -2.16. The number of hydrogen-bond acceptors (Lipinski definition) is 9. The van der Waals surface area contributed by atoms with Crippen LogP contribution < -0.4 is 4.90 Å². The van der Waals surface area contributed by atoms with Gasteiger partial charge in [-0.05, 0) is 35.7 Å². The first-order valence-corrected chi connectivity index (χ1v) is 11.5. The van der Waals surface area contributed by atoms with Crippen LogP contribution in [0.15, 0.2) is 59.5 Å². The number of pyridine rings is 1. The number of aromatic nitrogens is 5. The van der Waals surface area contributed by atoms with Crippen molar-refractivity contribution in [2.24, 2.45) is 0 Å². The SMILES string of the molecule is O=C1OC(Cn2ccnn2)[C@@H]2Cc3cc(-c4ccc(-c5cc(COPO)on5)nc4)ccc3N12. The standard InChI is InChI=1S/C22H19N6O5P/c29-22-28-19-4-2-13(7-15(19)8-20(28)21(32-22)11-27-6-5-24-26-27)14-1-3-17(23-10-14)18-9-16(33-25-18)12-31-34-30/h1-7,9-10,20-21,30,34H,8,11-12H2/t20-,21?/m0/s1. The molecule has 4 aromatic rings. The van der Waals surface area contributed by atoms with E-state index in [1.54, 1.807) is 34.2 Å². The molecule has 1 amide bonds. The summed E-state index contributed by atoms with van der Waals surface area (Å²) in [5, 5.41) is 11.8. The van der Waals surface area contributed by atoms with Crippen LogP contribution >= 0.6 is 9.03 Å². The van der Waals surface area contributed by atoms with E-state index >= 15 is 0 Å². The lowest BCUT2D eigenvalue weighted by molar-refractivity contribution is 0.117. The number of anilines is 1. The number of amides is 1. The second-order valence-corrected chi connectivity index (χ2v) is 8.49. The number of benzene rings is 1. The van der Waals surface area contributed by atoms with Crippen molar-refractivity contribution in [1.82, 2.24) is 25.1 Å². The Morgan fingerprint density at radius 1 is 1.18 bits per heavy atom. The minimum Gasteiger partial charge on any atom is -0.442 e. The summed E-state index contributed by atoms with van der Waals surface area (Å²) in [7, 11) is -0.603. The van der Waals surface area contributed by atoms with Gasteiger partial charge in [-0.2, -0.15) is 0 Å². The third kappa shape index (κ3) is 3.73. The first-order valence-electron chi connectivity index (χ1n) is 10.6. The lowest BCUT2D eigenvalue weighted by Crippen LogP contribution is -2.35. The molecule has 3 aromatic heterocycles. The van der Waals surface area contributed by atoms with E-state index in [-0.39, 0.29) is 24.8 Å². The Bertz CT molecular complexity index is 1330. The Kier molecular flexibility index (Phi) is 5.29. The summed E-state index contributed by atoms with van der Waals surface area (Å²) < 4.78 is 17.4. The van der Waals surface area contributed by atoms with Gasteiger partial charge in [0.25, 0.3) is 0 Å². The lowest BCUT2D eigenvalue weighted by atomic mass is 10.0. The molecule has 3 atom stereocenters. The van der Waals surface area contributed by atoms with Gasteiger partial charge in [0.2, 0.25) is 0 Å². The van der Waals surface area contributed by atoms with Crippen molar-refractivity contribution < 1.29 is 23.5 Å². The monoisotopic (exact) mass is 478 g/mol. The average molecular weight is 478 g/mol. The molecule has 1 N–H and O–H groups in total. The van der Waals surface area contributed by atoms with E-state index in [4.69, 9.17) is 18.7 Å². The Labute approximate surface area is 195 Å². The molecule has 34 heavy (non-hydrogen) atoms. The Morgan fingerprint density at radius 3 is 2.88 bits per heavy atom. The quantitative estimate of drug-likeness (QED) is 0.399. The topological polar surface area (TPSA) is 129 Å². The fourth-order valence-electron chi connectivity index (χ4n) is 4.45. The van der Waals surface area contributed by atoms with E-state index in [1.165, 1.54) is 0 Å². The summed E-state index contributed by atoms with van der Waals surface area (Å²) in [6.45, 7) is 0.621. The molecular weight excluding hydrogens is 459 g/mol. The zero-order valence-corrected chi connectivity index (χ0v) is 18.7. The van der Waals surface area contributed by atoms with Crippen molar-refractivity contribution in [3.8, 4) is 22.5 Å². The molecule has 0 spiro atoms. The molecule has 12 heteroatoms. The van der Waals surface area contributed by atoms with Gasteiger partial charge in [-0.1, -0.05) is 22.5 Å².